The number of aliphatic hydroxyl groups is 1. The average Bonchev–Trinajstić information content (AvgIpc) is 3.40. The van der Waals surface area contributed by atoms with Gasteiger partial charge in [0.15, 0.2) is 0 Å². The Kier molecular flexibility index (Phi) is 10.1. The van der Waals surface area contributed by atoms with Gasteiger partial charge in [-0.15, -0.1) is 22.1 Å². The number of hydrogen-bond acceptors (Lipinski definition) is 9. The Bertz CT molecular complexity index is 1000. The first kappa shape index (κ1) is 28.1. The number of nitrogens with one attached hydrogen (secondary N) is 3. The Morgan fingerprint density at radius 2 is 2.00 bits per heavy atom. The molecular formula is C26H41N5O4S2. The maximum atomic E-state index is 13.5. The number of aliphatic hydroxyl groups excluding tert-OH is 1. The molecular weight excluding hydrogens is 510 g/mol. The Balaban J connectivity index is 1.52. The van der Waals surface area contributed by atoms with E-state index < -0.39 is 22.9 Å². The topological polar surface area (TPSA) is 130 Å². The van der Waals surface area contributed by atoms with Crippen LogP contribution in [-0.4, -0.2) is 68.7 Å². The first-order chi connectivity index (χ1) is 17.9. The molecule has 1 aromatic carbocycles. The minimum atomic E-state index is -2.92. The van der Waals surface area contributed by atoms with Gasteiger partial charge in [-0.25, -0.2) is 4.98 Å². The summed E-state index contributed by atoms with van der Waals surface area (Å²) >= 11 is 1.50. The Hall–Kier alpha value is -1.89. The van der Waals surface area contributed by atoms with Gasteiger partial charge in [0.1, 0.15) is 0 Å². The third-order valence-corrected chi connectivity index (χ3v) is 9.85. The zero-order chi connectivity index (χ0) is 26.3. The van der Waals surface area contributed by atoms with Crippen LogP contribution in [0.1, 0.15) is 67.2 Å². The van der Waals surface area contributed by atoms with E-state index in [-0.39, 0.29) is 5.91 Å². The van der Waals surface area contributed by atoms with Crippen LogP contribution in [0, 0.1) is 0 Å². The van der Waals surface area contributed by atoms with E-state index in [1.54, 1.807) is 22.6 Å². The van der Waals surface area contributed by atoms with E-state index in [0.717, 1.165) is 36.4 Å². The van der Waals surface area contributed by atoms with E-state index in [1.807, 2.05) is 18.4 Å². The maximum absolute atomic E-state index is 13.5. The van der Waals surface area contributed by atoms with Crippen molar-refractivity contribution in [1.82, 2.24) is 15.6 Å². The lowest BCUT2D eigenvalue weighted by Crippen LogP contribution is -2.50. The lowest BCUT2D eigenvalue weighted by atomic mass is 9.95. The van der Waals surface area contributed by atoms with E-state index >= 15 is 0 Å². The Morgan fingerprint density at radius 1 is 1.19 bits per heavy atom. The normalized spacial score (nSPS) is 20.7. The Labute approximate surface area is 225 Å². The lowest BCUT2D eigenvalue weighted by Gasteiger charge is -2.47. The summed E-state index contributed by atoms with van der Waals surface area (Å²) in [5.74, 6) is 0.0171. The smallest absolute Gasteiger partial charge is 0.251 e. The highest BCUT2D eigenvalue weighted by molar-refractivity contribution is 8.25. The molecule has 1 aliphatic carbocycles. The molecule has 2 aromatic rings. The van der Waals surface area contributed by atoms with Gasteiger partial charge in [0.2, 0.25) is 0 Å². The van der Waals surface area contributed by atoms with Crippen molar-refractivity contribution in [2.75, 3.05) is 35.0 Å². The number of rotatable bonds is 11. The standard InChI is InChI=1S/C26H41N5O4S2/c1-2-27-21-14-19(15-22(16-21)31-11-6-7-13-37(31,34)35)26(33)30-23(17-25-28-10-12-36-25)24(32)18-29-20-8-4-3-5-9-20/h10,12,14-16,20,23-24,27,29,32,34-35H,2-9,11,13,17-18H2,1H3,(H,30,33)/t23-,24+/m0/s1. The molecule has 1 amide bonds. The summed E-state index contributed by atoms with van der Waals surface area (Å²) in [6, 6.07) is 5.23. The summed E-state index contributed by atoms with van der Waals surface area (Å²) in [5.41, 5.74) is 1.76. The molecule has 11 heteroatoms. The quantitative estimate of drug-likeness (QED) is 0.241. The van der Waals surface area contributed by atoms with E-state index in [0.29, 0.717) is 49.1 Å². The number of carbonyl (C=O) groups is 1. The summed E-state index contributed by atoms with van der Waals surface area (Å²) in [4.78, 5) is 17.9. The maximum Gasteiger partial charge on any atom is 0.251 e. The monoisotopic (exact) mass is 551 g/mol. The molecule has 1 saturated carbocycles. The molecule has 1 aliphatic heterocycles. The third-order valence-electron chi connectivity index (χ3n) is 7.11. The molecule has 9 nitrogen and oxygen atoms in total. The highest BCUT2D eigenvalue weighted by Gasteiger charge is 2.29. The minimum Gasteiger partial charge on any atom is -0.390 e. The Morgan fingerprint density at radius 3 is 2.70 bits per heavy atom. The largest absolute Gasteiger partial charge is 0.390 e. The summed E-state index contributed by atoms with van der Waals surface area (Å²) < 4.78 is 23.0. The molecule has 206 valence electrons. The fraction of sp³-hybridized carbons (Fsp3) is 0.615. The number of aromatic nitrogens is 1. The number of amides is 1. The number of carbonyl (C=O) groups excluding carboxylic acids is 1. The van der Waals surface area contributed by atoms with E-state index in [2.05, 4.69) is 20.9 Å². The van der Waals surface area contributed by atoms with Crippen molar-refractivity contribution in [2.45, 2.75) is 76.5 Å². The summed E-state index contributed by atoms with van der Waals surface area (Å²) in [5, 5.41) is 23.7. The van der Waals surface area contributed by atoms with Crippen LogP contribution in [0.2, 0.25) is 0 Å². The predicted molar refractivity (Wildman–Crippen MR) is 153 cm³/mol. The molecule has 37 heavy (non-hydrogen) atoms. The SMILES string of the molecule is CCNc1cc(C(=O)N[C@@H](Cc2nccs2)[C@H](O)CNC2CCCCC2)cc(N2CCCCS2(O)O)c1. The molecule has 0 radical (unpaired) electrons. The number of benzene rings is 1. The van der Waals surface area contributed by atoms with Crippen LogP contribution >= 0.6 is 22.1 Å². The van der Waals surface area contributed by atoms with Gasteiger partial charge in [-0.2, -0.15) is 0 Å². The lowest BCUT2D eigenvalue weighted by molar-refractivity contribution is 0.0821. The molecule has 2 heterocycles. The van der Waals surface area contributed by atoms with Gasteiger partial charge in [-0.05, 0) is 50.8 Å². The van der Waals surface area contributed by atoms with Gasteiger partial charge >= 0.3 is 0 Å². The van der Waals surface area contributed by atoms with E-state index in [4.69, 9.17) is 0 Å². The van der Waals surface area contributed by atoms with Crippen LogP contribution in [0.4, 0.5) is 11.4 Å². The fourth-order valence-corrected chi connectivity index (χ4v) is 7.46. The van der Waals surface area contributed by atoms with Crippen LogP contribution in [0.15, 0.2) is 29.8 Å². The summed E-state index contributed by atoms with van der Waals surface area (Å²) in [6.45, 7) is 3.56. The van der Waals surface area contributed by atoms with E-state index in [9.17, 15) is 19.0 Å². The highest BCUT2D eigenvalue weighted by atomic mass is 32.3. The molecule has 0 bridgehead atoms. The molecule has 4 rings (SSSR count). The zero-order valence-electron chi connectivity index (χ0n) is 21.6. The number of hydrogen-bond donors (Lipinski definition) is 6. The van der Waals surface area contributed by atoms with Crippen molar-refractivity contribution in [2.24, 2.45) is 0 Å². The van der Waals surface area contributed by atoms with Gasteiger partial charge in [0.05, 0.1) is 28.6 Å². The van der Waals surface area contributed by atoms with Gasteiger partial charge in [0.25, 0.3) is 5.91 Å². The van der Waals surface area contributed by atoms with Crippen molar-refractivity contribution in [3.05, 3.63) is 40.3 Å². The number of nitrogens with zero attached hydrogens (tertiary/aromatic N) is 2. The molecule has 2 fully saturated rings. The first-order valence-electron chi connectivity index (χ1n) is 13.4. The highest BCUT2D eigenvalue weighted by Crippen LogP contribution is 2.50. The zero-order valence-corrected chi connectivity index (χ0v) is 23.2. The van der Waals surface area contributed by atoms with Crippen molar-refractivity contribution in [3.63, 3.8) is 0 Å². The molecule has 1 aromatic heterocycles. The van der Waals surface area contributed by atoms with Crippen LogP contribution in [0.25, 0.3) is 0 Å². The van der Waals surface area contributed by atoms with Gasteiger partial charge in [-0.1, -0.05) is 19.3 Å². The second-order valence-electron chi connectivity index (χ2n) is 9.96. The van der Waals surface area contributed by atoms with Crippen LogP contribution in [-0.2, 0) is 6.42 Å². The molecule has 0 unspecified atom stereocenters. The van der Waals surface area contributed by atoms with Gasteiger partial charge < -0.3 is 21.1 Å². The molecule has 6 N–H and O–H groups in total. The fourth-order valence-electron chi connectivity index (χ4n) is 5.11. The average molecular weight is 552 g/mol. The van der Waals surface area contributed by atoms with E-state index in [1.165, 1.54) is 30.6 Å². The van der Waals surface area contributed by atoms with Crippen LogP contribution < -0.4 is 20.3 Å². The van der Waals surface area contributed by atoms with Crippen molar-refractivity contribution in [1.29, 1.82) is 0 Å². The van der Waals surface area contributed by atoms with Crippen molar-refractivity contribution in [3.8, 4) is 0 Å². The molecule has 1 saturated heterocycles. The number of thiazole rings is 1. The summed E-state index contributed by atoms with van der Waals surface area (Å²) in [7, 11) is -2.92. The van der Waals surface area contributed by atoms with Gasteiger partial charge in [-0.3, -0.25) is 18.2 Å². The third kappa shape index (κ3) is 7.81. The minimum absolute atomic E-state index is 0.312. The van der Waals surface area contributed by atoms with Crippen molar-refractivity contribution < 1.29 is 19.0 Å². The van der Waals surface area contributed by atoms with Crippen LogP contribution in [0.5, 0.6) is 0 Å². The molecule has 0 spiro atoms. The van der Waals surface area contributed by atoms with Gasteiger partial charge in [0, 0.05) is 54.9 Å². The summed E-state index contributed by atoms with van der Waals surface area (Å²) in [6.07, 6.45) is 8.93. The second kappa shape index (κ2) is 13.3. The molecule has 2 atom stereocenters. The van der Waals surface area contributed by atoms with Crippen molar-refractivity contribution >= 4 is 39.4 Å². The number of anilines is 2. The first-order valence-corrected chi connectivity index (χ1v) is 15.9. The van der Waals surface area contributed by atoms with Crippen LogP contribution in [0.3, 0.4) is 0 Å². The molecule has 2 aliphatic rings. The predicted octanol–water partition coefficient (Wildman–Crippen LogP) is 4.47. The second-order valence-corrected chi connectivity index (χ2v) is 13.1.